The zero-order valence-electron chi connectivity index (χ0n) is 23.7. The van der Waals surface area contributed by atoms with Crippen molar-refractivity contribution in [3.63, 3.8) is 0 Å². The number of benzene rings is 3. The number of halogens is 1. The van der Waals surface area contributed by atoms with Crippen LogP contribution in [0.3, 0.4) is 0 Å². The van der Waals surface area contributed by atoms with E-state index in [1.165, 1.54) is 0 Å². The van der Waals surface area contributed by atoms with E-state index in [0.717, 1.165) is 79.6 Å². The zero-order valence-corrected chi connectivity index (χ0v) is 23.7. The van der Waals surface area contributed by atoms with Crippen molar-refractivity contribution in [2.45, 2.75) is 51.4 Å². The van der Waals surface area contributed by atoms with Gasteiger partial charge in [0, 0.05) is 5.56 Å². The highest BCUT2D eigenvalue weighted by molar-refractivity contribution is 5.71. The van der Waals surface area contributed by atoms with Gasteiger partial charge in [-0.25, -0.2) is 14.2 Å². The summed E-state index contributed by atoms with van der Waals surface area (Å²) >= 11 is 0. The van der Waals surface area contributed by atoms with Gasteiger partial charge in [0.15, 0.2) is 0 Å². The van der Waals surface area contributed by atoms with Gasteiger partial charge in [-0.05, 0) is 92.0 Å². The molecule has 0 unspecified atom stereocenters. The number of unbranched alkanes of at least 4 members (excludes halogenated alkanes) is 6. The summed E-state index contributed by atoms with van der Waals surface area (Å²) in [6.07, 6.45) is 9.49. The van der Waals surface area contributed by atoms with Gasteiger partial charge in [0.2, 0.25) is 0 Å². The van der Waals surface area contributed by atoms with Crippen molar-refractivity contribution in [3.05, 3.63) is 85.2 Å². The SMILES string of the molecule is C=CCOOCCCCCCOc1ccc(-c2ccc(-c3ccc(OCCCCCCOC=O)cc3)c(F)c2)cc1. The Morgan fingerprint density at radius 1 is 0.610 bits per heavy atom. The van der Waals surface area contributed by atoms with E-state index in [0.29, 0.717) is 45.1 Å². The predicted octanol–water partition coefficient (Wildman–Crippen LogP) is 8.35. The molecule has 0 radical (unpaired) electrons. The van der Waals surface area contributed by atoms with Crippen molar-refractivity contribution in [3.8, 4) is 33.8 Å². The summed E-state index contributed by atoms with van der Waals surface area (Å²) in [5.74, 6) is 1.29. The number of hydrogen-bond acceptors (Lipinski definition) is 6. The van der Waals surface area contributed by atoms with Crippen molar-refractivity contribution >= 4 is 6.47 Å². The maximum absolute atomic E-state index is 15.1. The minimum atomic E-state index is -0.271. The molecule has 220 valence electrons. The van der Waals surface area contributed by atoms with Crippen LogP contribution in [-0.2, 0) is 19.3 Å². The highest BCUT2D eigenvalue weighted by Gasteiger charge is 2.08. The van der Waals surface area contributed by atoms with Crippen LogP contribution in [0.1, 0.15) is 51.4 Å². The molecule has 0 atom stereocenters. The second-order valence-corrected chi connectivity index (χ2v) is 9.63. The van der Waals surface area contributed by atoms with Crippen molar-refractivity contribution in [2.24, 2.45) is 0 Å². The molecule has 6 nitrogen and oxygen atoms in total. The lowest BCUT2D eigenvalue weighted by Gasteiger charge is -2.10. The van der Waals surface area contributed by atoms with Gasteiger partial charge >= 0.3 is 0 Å². The van der Waals surface area contributed by atoms with Crippen molar-refractivity contribution in [2.75, 3.05) is 33.0 Å². The molecule has 0 aliphatic heterocycles. The average molecular weight is 565 g/mol. The average Bonchev–Trinajstić information content (AvgIpc) is 3.00. The molecule has 3 aromatic carbocycles. The van der Waals surface area contributed by atoms with Gasteiger partial charge in [-0.2, -0.15) is 0 Å². The third-order valence-corrected chi connectivity index (χ3v) is 6.48. The maximum atomic E-state index is 15.1. The Bertz CT molecular complexity index is 1150. The van der Waals surface area contributed by atoms with Crippen LogP contribution < -0.4 is 9.47 Å². The van der Waals surface area contributed by atoms with Crippen LogP contribution in [0.25, 0.3) is 22.3 Å². The van der Waals surface area contributed by atoms with Gasteiger partial charge in [-0.1, -0.05) is 48.9 Å². The molecule has 0 saturated carbocycles. The van der Waals surface area contributed by atoms with E-state index in [1.807, 2.05) is 60.7 Å². The second-order valence-electron chi connectivity index (χ2n) is 9.63. The summed E-state index contributed by atoms with van der Waals surface area (Å²) in [5, 5.41) is 0. The Balaban J connectivity index is 1.39. The topological polar surface area (TPSA) is 63.2 Å². The van der Waals surface area contributed by atoms with Crippen LogP contribution in [0.15, 0.2) is 79.4 Å². The first-order valence-electron chi connectivity index (χ1n) is 14.4. The molecule has 3 aromatic rings. The predicted molar refractivity (Wildman–Crippen MR) is 159 cm³/mol. The Labute approximate surface area is 243 Å². The molecule has 0 aliphatic rings. The first-order valence-corrected chi connectivity index (χ1v) is 14.4. The summed E-state index contributed by atoms with van der Waals surface area (Å²) in [5.41, 5.74) is 3.10. The summed E-state index contributed by atoms with van der Waals surface area (Å²) in [6, 6.07) is 20.6. The molecule has 0 aliphatic carbocycles. The normalized spacial score (nSPS) is 10.8. The van der Waals surface area contributed by atoms with Crippen LogP contribution >= 0.6 is 0 Å². The van der Waals surface area contributed by atoms with Gasteiger partial charge in [-0.15, -0.1) is 6.58 Å². The fourth-order valence-electron chi connectivity index (χ4n) is 4.24. The fourth-order valence-corrected chi connectivity index (χ4v) is 4.24. The Morgan fingerprint density at radius 2 is 1.15 bits per heavy atom. The first-order chi connectivity index (χ1) is 20.2. The Hall–Kier alpha value is -3.68. The van der Waals surface area contributed by atoms with E-state index in [4.69, 9.17) is 19.2 Å². The Morgan fingerprint density at radius 3 is 1.71 bits per heavy atom. The van der Waals surface area contributed by atoms with Gasteiger partial charge in [0.1, 0.15) is 23.9 Å². The standard InChI is InChI=1S/C34H41FO6/c1-2-21-40-41-25-10-6-5-9-24-38-31-16-11-28(12-17-31)30-15-20-33(34(35)26-30)29-13-18-32(19-14-29)39-23-8-4-3-7-22-37-27-36/h2,11-20,26-27H,1,3-10,21-25H2. The molecular weight excluding hydrogens is 523 g/mol. The first kappa shape index (κ1) is 31.8. The minimum Gasteiger partial charge on any atom is -0.494 e. The van der Waals surface area contributed by atoms with Crippen LogP contribution in [0.4, 0.5) is 4.39 Å². The number of carbonyl (C=O) groups excluding carboxylic acids is 1. The quantitative estimate of drug-likeness (QED) is 0.0402. The third-order valence-electron chi connectivity index (χ3n) is 6.48. The van der Waals surface area contributed by atoms with E-state index < -0.39 is 0 Å². The number of rotatable bonds is 22. The molecule has 0 heterocycles. The fraction of sp³-hybridized carbons (Fsp3) is 0.382. The number of carbonyl (C=O) groups is 1. The third kappa shape index (κ3) is 12.2. The zero-order chi connectivity index (χ0) is 29.0. The van der Waals surface area contributed by atoms with E-state index in [9.17, 15) is 4.79 Å². The molecule has 0 saturated heterocycles. The second kappa shape index (κ2) is 19.4. The number of hydrogen-bond donors (Lipinski definition) is 0. The maximum Gasteiger partial charge on any atom is 0.293 e. The molecule has 7 heteroatoms. The molecule has 0 aromatic heterocycles. The molecule has 0 bridgehead atoms. The van der Waals surface area contributed by atoms with E-state index in [2.05, 4.69) is 11.3 Å². The van der Waals surface area contributed by atoms with E-state index in [1.54, 1.807) is 12.1 Å². The smallest absolute Gasteiger partial charge is 0.293 e. The molecule has 0 spiro atoms. The molecule has 41 heavy (non-hydrogen) atoms. The summed E-state index contributed by atoms with van der Waals surface area (Å²) in [6.45, 7) is 6.77. The van der Waals surface area contributed by atoms with Crippen molar-refractivity contribution in [1.29, 1.82) is 0 Å². The highest BCUT2D eigenvalue weighted by Crippen LogP contribution is 2.30. The van der Waals surface area contributed by atoms with Gasteiger partial charge in [-0.3, -0.25) is 4.79 Å². The summed E-state index contributed by atoms with van der Waals surface area (Å²) in [4.78, 5) is 20.0. The van der Waals surface area contributed by atoms with Crippen LogP contribution in [0.5, 0.6) is 11.5 Å². The monoisotopic (exact) mass is 564 g/mol. The van der Waals surface area contributed by atoms with Crippen molar-refractivity contribution < 1.29 is 33.2 Å². The molecule has 0 amide bonds. The lowest BCUT2D eigenvalue weighted by Crippen LogP contribution is -1.99. The molecular formula is C34H41FO6. The lowest BCUT2D eigenvalue weighted by molar-refractivity contribution is -0.286. The van der Waals surface area contributed by atoms with Gasteiger partial charge in [0.05, 0.1) is 26.4 Å². The Kier molecular flexibility index (Phi) is 15.1. The van der Waals surface area contributed by atoms with E-state index in [-0.39, 0.29) is 5.82 Å². The molecule has 0 N–H and O–H groups in total. The van der Waals surface area contributed by atoms with Gasteiger partial charge < -0.3 is 14.2 Å². The largest absolute Gasteiger partial charge is 0.494 e. The summed E-state index contributed by atoms with van der Waals surface area (Å²) in [7, 11) is 0. The van der Waals surface area contributed by atoms with Gasteiger partial charge in [0.25, 0.3) is 6.47 Å². The van der Waals surface area contributed by atoms with Crippen LogP contribution in [0, 0.1) is 5.82 Å². The van der Waals surface area contributed by atoms with Crippen LogP contribution in [-0.4, -0.2) is 39.5 Å². The summed E-state index contributed by atoms with van der Waals surface area (Å²) < 4.78 is 31.4. The lowest BCUT2D eigenvalue weighted by atomic mass is 9.99. The highest BCUT2D eigenvalue weighted by atomic mass is 19.1. The minimum absolute atomic E-state index is 0.271. The van der Waals surface area contributed by atoms with E-state index >= 15 is 4.39 Å². The molecule has 3 rings (SSSR count). The molecule has 0 fully saturated rings. The van der Waals surface area contributed by atoms with Crippen molar-refractivity contribution in [1.82, 2.24) is 0 Å². The van der Waals surface area contributed by atoms with Crippen LogP contribution in [0.2, 0.25) is 0 Å². The number of ether oxygens (including phenoxy) is 3.